The first-order valence-electron chi connectivity index (χ1n) is 30.9. The van der Waals surface area contributed by atoms with Crippen molar-refractivity contribution in [2.75, 3.05) is 13.2 Å². The van der Waals surface area contributed by atoms with Crippen LogP contribution in [0.5, 0.6) is 0 Å². The van der Waals surface area contributed by atoms with Crippen molar-refractivity contribution in [2.24, 2.45) is 0 Å². The van der Waals surface area contributed by atoms with E-state index < -0.39 is 12.1 Å². The second-order valence-electron chi connectivity index (χ2n) is 21.4. The second kappa shape index (κ2) is 58.2. The zero-order valence-electron chi connectivity index (χ0n) is 46.1. The fourth-order valence-corrected chi connectivity index (χ4v) is 9.81. The van der Waals surface area contributed by atoms with Crippen LogP contribution >= 0.6 is 0 Å². The van der Waals surface area contributed by atoms with Crippen LogP contribution in [0.2, 0.25) is 0 Å². The summed E-state index contributed by atoms with van der Waals surface area (Å²) in [4.78, 5) is 24.6. The van der Waals surface area contributed by atoms with Gasteiger partial charge < -0.3 is 20.3 Å². The quantitative estimate of drug-likeness (QED) is 0.0321. The van der Waals surface area contributed by atoms with E-state index in [0.29, 0.717) is 25.9 Å². The summed E-state index contributed by atoms with van der Waals surface area (Å²) in [7, 11) is 0. The molecule has 6 heteroatoms. The molecule has 1 amide bonds. The molecule has 0 aliphatic rings. The number of rotatable bonds is 58. The van der Waals surface area contributed by atoms with Crippen molar-refractivity contribution in [2.45, 2.75) is 360 Å². The molecule has 0 fully saturated rings. The lowest BCUT2D eigenvalue weighted by molar-refractivity contribution is -0.143. The number of aliphatic hydroxyl groups excluding tert-OH is 2. The molecule has 404 valence electrons. The highest BCUT2D eigenvalue weighted by Gasteiger charge is 2.20. The molecule has 68 heavy (non-hydrogen) atoms. The number of ether oxygens (including phenoxy) is 1. The Bertz CT molecular complexity index is 1020. The number of hydrogen-bond donors (Lipinski definition) is 3. The number of carbonyl (C=O) groups is 2. The SMILES string of the molecule is CCCCCCCCCCCCCCCCCCCCCC(=O)OCCCCCCCC/C=C\CCCCCCCCCC(=O)NC(CO)C(O)CCCCCCCCCCCCCCCCC. The Labute approximate surface area is 425 Å². The minimum atomic E-state index is -0.671. The van der Waals surface area contributed by atoms with Gasteiger partial charge in [-0.1, -0.05) is 296 Å². The third-order valence-corrected chi connectivity index (χ3v) is 14.6. The van der Waals surface area contributed by atoms with Crippen molar-refractivity contribution < 1.29 is 24.5 Å². The summed E-state index contributed by atoms with van der Waals surface area (Å²) in [5, 5.41) is 23.3. The fourth-order valence-electron chi connectivity index (χ4n) is 9.81. The van der Waals surface area contributed by atoms with Gasteiger partial charge in [0.25, 0.3) is 0 Å². The molecule has 0 bridgehead atoms. The van der Waals surface area contributed by atoms with Gasteiger partial charge in [-0.15, -0.1) is 0 Å². The van der Waals surface area contributed by atoms with E-state index in [1.54, 1.807) is 0 Å². The normalized spacial score (nSPS) is 12.6. The molecule has 0 aromatic heterocycles. The monoisotopic (exact) mass is 960 g/mol. The molecule has 3 N–H and O–H groups in total. The highest BCUT2D eigenvalue weighted by Crippen LogP contribution is 2.18. The molecule has 0 radical (unpaired) electrons. The standard InChI is InChI=1S/C62H121NO5/c1-3-5-7-9-11-13-15-17-19-20-21-24-28-32-36-40-44-48-52-56-62(67)68-57-53-49-45-41-37-33-29-25-22-23-27-31-35-39-43-47-51-55-61(66)63-59(58-64)60(65)54-50-46-42-38-34-30-26-18-16-14-12-10-8-6-4-2/h22,25,59-60,64-65H,3-21,23-24,26-58H2,1-2H3,(H,63,66)/b25-22-. The second-order valence-corrected chi connectivity index (χ2v) is 21.4. The molecule has 0 saturated carbocycles. The number of unbranched alkanes of at least 4 members (excludes halogenated alkanes) is 45. The van der Waals surface area contributed by atoms with Crippen LogP contribution in [-0.2, 0) is 14.3 Å². The Balaban J connectivity index is 3.41. The molecule has 6 nitrogen and oxygen atoms in total. The van der Waals surface area contributed by atoms with Crippen LogP contribution in [0.1, 0.15) is 348 Å². The average Bonchev–Trinajstić information content (AvgIpc) is 3.34. The van der Waals surface area contributed by atoms with Gasteiger partial charge >= 0.3 is 5.97 Å². The smallest absolute Gasteiger partial charge is 0.305 e. The Hall–Kier alpha value is -1.40. The van der Waals surface area contributed by atoms with E-state index in [2.05, 4.69) is 31.3 Å². The number of amides is 1. The van der Waals surface area contributed by atoms with Crippen molar-refractivity contribution in [3.8, 4) is 0 Å². The van der Waals surface area contributed by atoms with Gasteiger partial charge in [0.15, 0.2) is 0 Å². The van der Waals surface area contributed by atoms with Crippen LogP contribution in [0.25, 0.3) is 0 Å². The van der Waals surface area contributed by atoms with Crippen LogP contribution < -0.4 is 5.32 Å². The van der Waals surface area contributed by atoms with E-state index in [0.717, 1.165) is 51.4 Å². The molecule has 0 heterocycles. The van der Waals surface area contributed by atoms with Gasteiger partial charge in [0.1, 0.15) is 0 Å². The lowest BCUT2D eigenvalue weighted by Crippen LogP contribution is -2.45. The van der Waals surface area contributed by atoms with E-state index in [9.17, 15) is 19.8 Å². The molecule has 0 rings (SSSR count). The Kier molecular flexibility index (Phi) is 57.0. The fraction of sp³-hybridized carbons (Fsp3) is 0.935. The summed E-state index contributed by atoms with van der Waals surface area (Å²) in [6.45, 7) is 4.96. The molecular weight excluding hydrogens is 839 g/mol. The molecule has 0 aliphatic carbocycles. The van der Waals surface area contributed by atoms with Crippen LogP contribution in [0.4, 0.5) is 0 Å². The third kappa shape index (κ3) is 53.9. The maximum Gasteiger partial charge on any atom is 0.305 e. The minimum Gasteiger partial charge on any atom is -0.466 e. The average molecular weight is 961 g/mol. The lowest BCUT2D eigenvalue weighted by atomic mass is 10.0. The summed E-state index contributed by atoms with van der Waals surface area (Å²) in [6, 6.07) is -0.549. The minimum absolute atomic E-state index is 0.00375. The van der Waals surface area contributed by atoms with Crippen LogP contribution in [-0.4, -0.2) is 47.4 Å². The van der Waals surface area contributed by atoms with Gasteiger partial charge in [0.2, 0.25) is 5.91 Å². The molecule has 2 atom stereocenters. The summed E-state index contributed by atoms with van der Waals surface area (Å²) in [5.41, 5.74) is 0. The Morgan fingerprint density at radius 2 is 0.691 bits per heavy atom. The zero-order valence-corrected chi connectivity index (χ0v) is 46.1. The van der Waals surface area contributed by atoms with E-state index in [1.165, 1.54) is 263 Å². The predicted molar refractivity (Wildman–Crippen MR) is 297 cm³/mol. The summed E-state index contributed by atoms with van der Waals surface area (Å²) < 4.78 is 5.49. The summed E-state index contributed by atoms with van der Waals surface area (Å²) >= 11 is 0. The van der Waals surface area contributed by atoms with E-state index >= 15 is 0 Å². The number of allylic oxidation sites excluding steroid dienone is 2. The lowest BCUT2D eigenvalue weighted by Gasteiger charge is -2.22. The van der Waals surface area contributed by atoms with Gasteiger partial charge in [-0.2, -0.15) is 0 Å². The highest BCUT2D eigenvalue weighted by atomic mass is 16.5. The first-order chi connectivity index (χ1) is 33.5. The van der Waals surface area contributed by atoms with Crippen molar-refractivity contribution in [1.82, 2.24) is 5.32 Å². The van der Waals surface area contributed by atoms with Gasteiger partial charge in [-0.3, -0.25) is 9.59 Å². The largest absolute Gasteiger partial charge is 0.466 e. The molecule has 2 unspecified atom stereocenters. The van der Waals surface area contributed by atoms with Crippen LogP contribution in [0.3, 0.4) is 0 Å². The summed E-state index contributed by atoms with van der Waals surface area (Å²) in [5.74, 6) is -0.0408. The third-order valence-electron chi connectivity index (χ3n) is 14.6. The zero-order chi connectivity index (χ0) is 49.3. The van der Waals surface area contributed by atoms with E-state index in [1.807, 2.05) is 0 Å². The van der Waals surface area contributed by atoms with Crippen molar-refractivity contribution in [3.63, 3.8) is 0 Å². The molecule has 0 aliphatic heterocycles. The van der Waals surface area contributed by atoms with Crippen molar-refractivity contribution in [3.05, 3.63) is 12.2 Å². The number of hydrogen-bond acceptors (Lipinski definition) is 5. The molecule has 0 aromatic carbocycles. The summed E-state index contributed by atoms with van der Waals surface area (Å²) in [6.07, 6.45) is 69.3. The first kappa shape index (κ1) is 66.6. The molecule has 0 spiro atoms. The van der Waals surface area contributed by atoms with E-state index in [-0.39, 0.29) is 18.5 Å². The van der Waals surface area contributed by atoms with Crippen LogP contribution in [0.15, 0.2) is 12.2 Å². The molecule has 0 saturated heterocycles. The van der Waals surface area contributed by atoms with Gasteiger partial charge in [0.05, 0.1) is 25.4 Å². The number of esters is 1. The Morgan fingerprint density at radius 3 is 1.04 bits per heavy atom. The number of aliphatic hydroxyl groups is 2. The Morgan fingerprint density at radius 1 is 0.397 bits per heavy atom. The number of nitrogens with one attached hydrogen (secondary N) is 1. The maximum atomic E-state index is 12.5. The van der Waals surface area contributed by atoms with E-state index in [4.69, 9.17) is 4.74 Å². The van der Waals surface area contributed by atoms with Gasteiger partial charge in [0, 0.05) is 12.8 Å². The van der Waals surface area contributed by atoms with Crippen molar-refractivity contribution in [1.29, 1.82) is 0 Å². The molecule has 0 aromatic rings. The first-order valence-corrected chi connectivity index (χ1v) is 30.9. The maximum absolute atomic E-state index is 12.5. The molecular formula is C62H121NO5. The number of carbonyl (C=O) groups excluding carboxylic acids is 2. The van der Waals surface area contributed by atoms with Crippen molar-refractivity contribution >= 4 is 11.9 Å². The topological polar surface area (TPSA) is 95.9 Å². The highest BCUT2D eigenvalue weighted by molar-refractivity contribution is 5.76. The van der Waals surface area contributed by atoms with Gasteiger partial charge in [-0.05, 0) is 51.4 Å². The van der Waals surface area contributed by atoms with Gasteiger partial charge in [-0.25, -0.2) is 0 Å². The predicted octanol–water partition coefficient (Wildman–Crippen LogP) is 19.2. The van der Waals surface area contributed by atoms with Crippen LogP contribution in [0, 0.1) is 0 Å².